The van der Waals surface area contributed by atoms with Crippen LogP contribution >= 0.6 is 0 Å². The van der Waals surface area contributed by atoms with E-state index in [9.17, 15) is 5.11 Å². The summed E-state index contributed by atoms with van der Waals surface area (Å²) in [6, 6.07) is 9.03. The van der Waals surface area contributed by atoms with Gasteiger partial charge in [-0.05, 0) is 49.8 Å². The summed E-state index contributed by atoms with van der Waals surface area (Å²) in [6.45, 7) is 7.13. The van der Waals surface area contributed by atoms with Crippen molar-refractivity contribution < 1.29 is 9.84 Å². The number of rotatable bonds is 11. The first-order valence-electron chi connectivity index (χ1n) is 13.6. The fourth-order valence-electron chi connectivity index (χ4n) is 5.34. The molecule has 0 unspecified atom stereocenters. The summed E-state index contributed by atoms with van der Waals surface area (Å²) in [5, 5.41) is 22.7. The van der Waals surface area contributed by atoms with Crippen molar-refractivity contribution in [3.05, 3.63) is 47.3 Å². The van der Waals surface area contributed by atoms with Crippen LogP contribution in [0.15, 0.2) is 30.5 Å². The number of fused-ring (bicyclic) bond motifs is 2. The first kappa shape index (κ1) is 26.3. The summed E-state index contributed by atoms with van der Waals surface area (Å²) in [4.78, 5) is 13.8. The van der Waals surface area contributed by atoms with Gasteiger partial charge in [0.1, 0.15) is 11.0 Å². The molecule has 1 fully saturated rings. The van der Waals surface area contributed by atoms with E-state index in [-0.39, 0.29) is 18.6 Å². The van der Waals surface area contributed by atoms with Gasteiger partial charge in [0.2, 0.25) is 5.95 Å². The van der Waals surface area contributed by atoms with Gasteiger partial charge in [-0.25, -0.2) is 4.98 Å². The maximum Gasteiger partial charge on any atom is 0.222 e. The summed E-state index contributed by atoms with van der Waals surface area (Å²) in [5.41, 5.74) is 11.7. The number of benzene rings is 1. The molecule has 0 radical (unpaired) electrons. The lowest BCUT2D eigenvalue weighted by Gasteiger charge is -2.23. The lowest BCUT2D eigenvalue weighted by atomic mass is 10.0. The minimum absolute atomic E-state index is 0.0798. The molecule has 0 saturated carbocycles. The minimum Gasteiger partial charge on any atom is -0.396 e. The number of aliphatic hydroxyl groups excluding tert-OH is 1. The summed E-state index contributed by atoms with van der Waals surface area (Å²) < 4.78 is 7.44. The average Bonchev–Trinajstić information content (AvgIpc) is 3.23. The number of hydrogen-bond donors (Lipinski definition) is 4. The topological polar surface area (TPSA) is 136 Å². The molecule has 0 aliphatic carbocycles. The molecule has 0 amide bonds. The van der Waals surface area contributed by atoms with Gasteiger partial charge in [0.15, 0.2) is 5.82 Å². The van der Waals surface area contributed by atoms with Gasteiger partial charge in [-0.3, -0.25) is 9.67 Å². The Labute approximate surface area is 223 Å². The van der Waals surface area contributed by atoms with Crippen molar-refractivity contribution >= 4 is 33.7 Å². The van der Waals surface area contributed by atoms with Gasteiger partial charge in [0, 0.05) is 50.0 Å². The molecule has 1 aliphatic heterocycles. The van der Waals surface area contributed by atoms with Crippen LogP contribution in [0.25, 0.3) is 21.9 Å². The molecule has 1 aromatic carbocycles. The van der Waals surface area contributed by atoms with Crippen LogP contribution in [0.5, 0.6) is 0 Å². The Balaban J connectivity index is 1.48. The Morgan fingerprint density at radius 2 is 1.95 bits per heavy atom. The summed E-state index contributed by atoms with van der Waals surface area (Å²) >= 11 is 0. The standard InChI is InChI=1S/C28H38N8O2/c1-3-5-22(9-13-37)32-27-26-24(33-28(29)34-27)18(2)35-36(26)17-20-8-7-19(23-6-4-12-30-25(20)23)16-31-21-10-14-38-15-11-21/h4,6-8,12,21-22,31,37H,3,5,9-11,13-17H2,1-2H3,(H3,29,32,33,34)/t22-/m0/s1. The van der Waals surface area contributed by atoms with Crippen LogP contribution in [0.4, 0.5) is 11.8 Å². The second-order valence-corrected chi connectivity index (χ2v) is 10.1. The monoisotopic (exact) mass is 518 g/mol. The van der Waals surface area contributed by atoms with Crippen molar-refractivity contribution in [1.82, 2.24) is 30.0 Å². The minimum atomic E-state index is 0.0798. The molecule has 4 aromatic rings. The fourth-order valence-corrected chi connectivity index (χ4v) is 5.34. The zero-order valence-corrected chi connectivity index (χ0v) is 22.3. The SMILES string of the molecule is CCC[C@@H](CCO)Nc1nc(N)nc2c(C)nn(Cc3ccc(CNC4CCOCC4)c4cccnc34)c12. The Morgan fingerprint density at radius 1 is 1.13 bits per heavy atom. The van der Waals surface area contributed by atoms with Crippen LogP contribution in [0.2, 0.25) is 0 Å². The number of aliphatic hydroxyl groups is 1. The van der Waals surface area contributed by atoms with Crippen molar-refractivity contribution in [2.45, 2.75) is 71.1 Å². The van der Waals surface area contributed by atoms with Crippen LogP contribution in [0, 0.1) is 6.92 Å². The number of ether oxygens (including phenoxy) is 1. The third-order valence-electron chi connectivity index (χ3n) is 7.29. The second kappa shape index (κ2) is 12.0. The summed E-state index contributed by atoms with van der Waals surface area (Å²) in [7, 11) is 0. The maximum atomic E-state index is 9.57. The number of aromatic nitrogens is 5. The zero-order chi connectivity index (χ0) is 26.5. The highest BCUT2D eigenvalue weighted by Gasteiger charge is 2.20. The van der Waals surface area contributed by atoms with Gasteiger partial charge in [-0.2, -0.15) is 10.1 Å². The molecule has 1 atom stereocenters. The molecule has 5 N–H and O–H groups in total. The van der Waals surface area contributed by atoms with Crippen LogP contribution in [-0.2, 0) is 17.8 Å². The molecular formula is C28H38N8O2. The Kier molecular flexibility index (Phi) is 8.31. The molecule has 1 aliphatic rings. The van der Waals surface area contributed by atoms with E-state index < -0.39 is 0 Å². The van der Waals surface area contributed by atoms with E-state index in [1.807, 2.05) is 23.9 Å². The van der Waals surface area contributed by atoms with Gasteiger partial charge >= 0.3 is 0 Å². The first-order valence-corrected chi connectivity index (χ1v) is 13.6. The maximum absolute atomic E-state index is 9.57. The third-order valence-corrected chi connectivity index (χ3v) is 7.29. The van der Waals surface area contributed by atoms with E-state index in [1.165, 1.54) is 5.56 Å². The van der Waals surface area contributed by atoms with Crippen molar-refractivity contribution in [1.29, 1.82) is 0 Å². The number of pyridine rings is 1. The van der Waals surface area contributed by atoms with Crippen molar-refractivity contribution in [2.24, 2.45) is 0 Å². The molecule has 0 spiro atoms. The van der Waals surface area contributed by atoms with Crippen molar-refractivity contribution in [3.63, 3.8) is 0 Å². The van der Waals surface area contributed by atoms with Gasteiger partial charge in [-0.15, -0.1) is 0 Å². The van der Waals surface area contributed by atoms with Gasteiger partial charge in [0.05, 0.1) is 17.8 Å². The van der Waals surface area contributed by atoms with E-state index in [0.717, 1.165) is 78.6 Å². The molecule has 3 aromatic heterocycles. The number of nitrogens with two attached hydrogens (primary N) is 1. The first-order chi connectivity index (χ1) is 18.6. The number of aryl methyl sites for hydroxylation is 1. The number of nitrogen functional groups attached to an aromatic ring is 1. The molecule has 5 rings (SSSR count). The number of nitrogens with zero attached hydrogens (tertiary/aromatic N) is 5. The highest BCUT2D eigenvalue weighted by molar-refractivity contribution is 5.89. The molecule has 10 nitrogen and oxygen atoms in total. The smallest absolute Gasteiger partial charge is 0.222 e. The number of hydrogen-bond acceptors (Lipinski definition) is 9. The average molecular weight is 519 g/mol. The van der Waals surface area contributed by atoms with Crippen molar-refractivity contribution in [2.75, 3.05) is 30.9 Å². The van der Waals surface area contributed by atoms with E-state index in [2.05, 4.69) is 45.7 Å². The zero-order valence-electron chi connectivity index (χ0n) is 22.3. The van der Waals surface area contributed by atoms with Crippen LogP contribution in [0.1, 0.15) is 55.8 Å². The van der Waals surface area contributed by atoms with Gasteiger partial charge in [-0.1, -0.05) is 31.5 Å². The molecule has 38 heavy (non-hydrogen) atoms. The van der Waals surface area contributed by atoms with Crippen LogP contribution in [-0.4, -0.2) is 61.7 Å². The Bertz CT molecular complexity index is 1380. The highest BCUT2D eigenvalue weighted by atomic mass is 16.5. The summed E-state index contributed by atoms with van der Waals surface area (Å²) in [6.07, 6.45) is 6.46. The predicted octanol–water partition coefficient (Wildman–Crippen LogP) is 3.55. The van der Waals surface area contributed by atoms with E-state index in [1.54, 1.807) is 0 Å². The Hall–Kier alpha value is -3.34. The Morgan fingerprint density at radius 3 is 2.74 bits per heavy atom. The van der Waals surface area contributed by atoms with Gasteiger partial charge < -0.3 is 26.2 Å². The third kappa shape index (κ3) is 5.72. The van der Waals surface area contributed by atoms with Crippen LogP contribution in [0.3, 0.4) is 0 Å². The fraction of sp³-hybridized carbons (Fsp3) is 0.500. The highest BCUT2D eigenvalue weighted by Crippen LogP contribution is 2.28. The molecular weight excluding hydrogens is 480 g/mol. The van der Waals surface area contributed by atoms with E-state index in [0.29, 0.717) is 24.8 Å². The normalized spacial score (nSPS) is 15.3. The summed E-state index contributed by atoms with van der Waals surface area (Å²) in [5.74, 6) is 0.852. The quantitative estimate of drug-likeness (QED) is 0.235. The van der Waals surface area contributed by atoms with E-state index in [4.69, 9.17) is 20.6 Å². The molecule has 0 bridgehead atoms. The van der Waals surface area contributed by atoms with Crippen molar-refractivity contribution in [3.8, 4) is 0 Å². The molecule has 1 saturated heterocycles. The lowest BCUT2D eigenvalue weighted by Crippen LogP contribution is -2.34. The number of anilines is 2. The lowest BCUT2D eigenvalue weighted by molar-refractivity contribution is 0.0776. The largest absolute Gasteiger partial charge is 0.396 e. The van der Waals surface area contributed by atoms with E-state index >= 15 is 0 Å². The van der Waals surface area contributed by atoms with Gasteiger partial charge in [0.25, 0.3) is 0 Å². The predicted molar refractivity (Wildman–Crippen MR) is 150 cm³/mol. The molecule has 4 heterocycles. The molecule has 202 valence electrons. The number of nitrogens with one attached hydrogen (secondary N) is 2. The van der Waals surface area contributed by atoms with Crippen LogP contribution < -0.4 is 16.4 Å². The second-order valence-electron chi connectivity index (χ2n) is 10.1. The molecule has 10 heteroatoms.